The van der Waals surface area contributed by atoms with Gasteiger partial charge in [-0.1, -0.05) is 29.3 Å². The number of nitrogen functional groups attached to an aromatic ring is 1. The first-order valence-corrected chi connectivity index (χ1v) is 7.19. The first kappa shape index (κ1) is 16.9. The number of anilines is 2. The van der Waals surface area contributed by atoms with Gasteiger partial charge in [0.15, 0.2) is 6.61 Å². The van der Waals surface area contributed by atoms with E-state index in [2.05, 4.69) is 5.32 Å². The molecule has 0 spiro atoms. The SMILES string of the molecule is NC(=O)c1cccc(OCC(=O)Nc2cc(Cl)c(N)c(Cl)c2)c1. The molecule has 0 radical (unpaired) electrons. The molecule has 2 rings (SSSR count). The van der Waals surface area contributed by atoms with Crippen LogP contribution in [0.25, 0.3) is 0 Å². The van der Waals surface area contributed by atoms with Gasteiger partial charge in [0.25, 0.3) is 5.91 Å². The molecular formula is C15H13Cl2N3O3. The zero-order valence-corrected chi connectivity index (χ0v) is 13.3. The number of nitrogens with one attached hydrogen (secondary N) is 1. The second-order valence-corrected chi connectivity index (χ2v) is 5.40. The summed E-state index contributed by atoms with van der Waals surface area (Å²) in [5, 5.41) is 3.06. The van der Waals surface area contributed by atoms with Gasteiger partial charge in [0.2, 0.25) is 5.91 Å². The van der Waals surface area contributed by atoms with Crippen LogP contribution < -0.4 is 21.5 Å². The Morgan fingerprint density at radius 2 is 1.78 bits per heavy atom. The Morgan fingerprint density at radius 3 is 2.39 bits per heavy atom. The van der Waals surface area contributed by atoms with E-state index in [1.165, 1.54) is 18.2 Å². The standard InChI is InChI=1S/C15H13Cl2N3O3/c16-11-5-9(6-12(17)14(11)18)20-13(21)7-23-10-3-1-2-8(4-10)15(19)22/h1-6H,7,18H2,(H2,19,22)(H,20,21). The van der Waals surface area contributed by atoms with E-state index < -0.39 is 11.8 Å². The monoisotopic (exact) mass is 353 g/mol. The molecule has 0 heterocycles. The average Bonchev–Trinajstić information content (AvgIpc) is 2.51. The van der Waals surface area contributed by atoms with Gasteiger partial charge in [0, 0.05) is 11.3 Å². The van der Waals surface area contributed by atoms with Crippen molar-refractivity contribution in [1.82, 2.24) is 0 Å². The van der Waals surface area contributed by atoms with Gasteiger partial charge in [0.05, 0.1) is 15.7 Å². The predicted molar refractivity (Wildman–Crippen MR) is 90.0 cm³/mol. The van der Waals surface area contributed by atoms with E-state index in [0.717, 1.165) is 0 Å². The summed E-state index contributed by atoms with van der Waals surface area (Å²) in [5.74, 6) is -0.651. The van der Waals surface area contributed by atoms with Crippen molar-refractivity contribution in [3.8, 4) is 5.75 Å². The lowest BCUT2D eigenvalue weighted by molar-refractivity contribution is -0.118. The summed E-state index contributed by atoms with van der Waals surface area (Å²) in [6.07, 6.45) is 0. The van der Waals surface area contributed by atoms with Gasteiger partial charge in [-0.25, -0.2) is 0 Å². The molecule has 0 atom stereocenters. The van der Waals surface area contributed by atoms with Gasteiger partial charge in [-0.2, -0.15) is 0 Å². The number of benzene rings is 2. The molecular weight excluding hydrogens is 341 g/mol. The number of nitrogens with two attached hydrogens (primary N) is 2. The summed E-state index contributed by atoms with van der Waals surface area (Å²) in [7, 11) is 0. The van der Waals surface area contributed by atoms with E-state index in [9.17, 15) is 9.59 Å². The Kier molecular flexibility index (Phi) is 5.31. The minimum atomic E-state index is -0.578. The van der Waals surface area contributed by atoms with Gasteiger partial charge >= 0.3 is 0 Å². The van der Waals surface area contributed by atoms with Crippen LogP contribution in [0, 0.1) is 0 Å². The third-order valence-electron chi connectivity index (χ3n) is 2.85. The third-order valence-corrected chi connectivity index (χ3v) is 3.48. The largest absolute Gasteiger partial charge is 0.484 e. The Bertz CT molecular complexity index is 742. The molecule has 5 N–H and O–H groups in total. The number of primary amides is 1. The fourth-order valence-corrected chi connectivity index (χ4v) is 2.23. The van der Waals surface area contributed by atoms with E-state index in [0.29, 0.717) is 17.0 Å². The highest BCUT2D eigenvalue weighted by Crippen LogP contribution is 2.31. The number of carbonyl (C=O) groups excluding carboxylic acids is 2. The van der Waals surface area contributed by atoms with Gasteiger partial charge in [-0.05, 0) is 30.3 Å². The summed E-state index contributed by atoms with van der Waals surface area (Å²) < 4.78 is 5.30. The highest BCUT2D eigenvalue weighted by molar-refractivity contribution is 6.39. The van der Waals surface area contributed by atoms with Crippen molar-refractivity contribution in [2.24, 2.45) is 5.73 Å². The summed E-state index contributed by atoms with van der Waals surface area (Å²) in [4.78, 5) is 22.9. The molecule has 8 heteroatoms. The van der Waals surface area contributed by atoms with E-state index in [4.69, 9.17) is 39.4 Å². The number of hydrogen-bond donors (Lipinski definition) is 3. The fourth-order valence-electron chi connectivity index (χ4n) is 1.74. The summed E-state index contributed by atoms with van der Waals surface area (Å²) in [6.45, 7) is -0.262. The number of rotatable bonds is 5. The molecule has 0 saturated carbocycles. The minimum absolute atomic E-state index is 0.239. The smallest absolute Gasteiger partial charge is 0.262 e. The molecule has 2 aromatic carbocycles. The molecule has 0 saturated heterocycles. The maximum Gasteiger partial charge on any atom is 0.262 e. The zero-order valence-electron chi connectivity index (χ0n) is 11.8. The molecule has 2 aromatic rings. The molecule has 23 heavy (non-hydrogen) atoms. The zero-order chi connectivity index (χ0) is 17.0. The first-order chi connectivity index (χ1) is 10.9. The quantitative estimate of drug-likeness (QED) is 0.718. The van der Waals surface area contributed by atoms with E-state index in [-0.39, 0.29) is 22.3 Å². The number of hydrogen-bond acceptors (Lipinski definition) is 4. The molecule has 2 amide bonds. The van der Waals surface area contributed by atoms with E-state index in [1.54, 1.807) is 18.2 Å². The van der Waals surface area contributed by atoms with Crippen molar-refractivity contribution in [2.75, 3.05) is 17.7 Å². The summed E-state index contributed by atoms with van der Waals surface area (Å²) >= 11 is 11.8. The van der Waals surface area contributed by atoms with Crippen molar-refractivity contribution in [2.45, 2.75) is 0 Å². The molecule has 0 aromatic heterocycles. The maximum atomic E-state index is 11.9. The molecule has 0 bridgehead atoms. The van der Waals surface area contributed by atoms with Crippen LogP contribution >= 0.6 is 23.2 Å². The number of amides is 2. The molecule has 6 nitrogen and oxygen atoms in total. The van der Waals surface area contributed by atoms with Crippen molar-refractivity contribution in [3.05, 3.63) is 52.0 Å². The van der Waals surface area contributed by atoms with Gasteiger partial charge < -0.3 is 21.5 Å². The van der Waals surface area contributed by atoms with Crippen LogP contribution in [0.15, 0.2) is 36.4 Å². The highest BCUT2D eigenvalue weighted by atomic mass is 35.5. The fraction of sp³-hybridized carbons (Fsp3) is 0.0667. The van der Waals surface area contributed by atoms with Crippen molar-refractivity contribution in [3.63, 3.8) is 0 Å². The Balaban J connectivity index is 1.98. The van der Waals surface area contributed by atoms with Crippen LogP contribution in [0.2, 0.25) is 10.0 Å². The summed E-state index contributed by atoms with van der Waals surface area (Å²) in [6, 6.07) is 9.17. The van der Waals surface area contributed by atoms with Crippen LogP contribution in [0.4, 0.5) is 11.4 Å². The van der Waals surface area contributed by atoms with E-state index >= 15 is 0 Å². The first-order valence-electron chi connectivity index (χ1n) is 6.44. The normalized spacial score (nSPS) is 10.2. The average molecular weight is 354 g/mol. The molecule has 0 aliphatic heterocycles. The number of ether oxygens (including phenoxy) is 1. The van der Waals surface area contributed by atoms with Gasteiger partial charge in [-0.15, -0.1) is 0 Å². The lowest BCUT2D eigenvalue weighted by Crippen LogP contribution is -2.20. The topological polar surface area (TPSA) is 107 Å². The second kappa shape index (κ2) is 7.21. The third kappa shape index (κ3) is 4.51. The van der Waals surface area contributed by atoms with Gasteiger partial charge in [0.1, 0.15) is 5.75 Å². The Hall–Kier alpha value is -2.44. The molecule has 0 aliphatic rings. The molecule has 120 valence electrons. The van der Waals surface area contributed by atoms with E-state index in [1.807, 2.05) is 0 Å². The molecule has 0 fully saturated rings. The van der Waals surface area contributed by atoms with Crippen LogP contribution in [0.5, 0.6) is 5.75 Å². The lowest BCUT2D eigenvalue weighted by atomic mass is 10.2. The predicted octanol–water partition coefficient (Wildman–Crippen LogP) is 2.69. The molecule has 0 unspecified atom stereocenters. The second-order valence-electron chi connectivity index (χ2n) is 4.58. The van der Waals surface area contributed by atoms with Crippen molar-refractivity contribution < 1.29 is 14.3 Å². The number of halogens is 2. The molecule has 0 aliphatic carbocycles. The van der Waals surface area contributed by atoms with Crippen LogP contribution in [-0.2, 0) is 4.79 Å². The number of carbonyl (C=O) groups is 2. The van der Waals surface area contributed by atoms with Crippen LogP contribution in [0.1, 0.15) is 10.4 Å². The Labute approximate surface area is 142 Å². The van der Waals surface area contributed by atoms with Crippen LogP contribution in [-0.4, -0.2) is 18.4 Å². The van der Waals surface area contributed by atoms with Gasteiger partial charge in [-0.3, -0.25) is 9.59 Å². The Morgan fingerprint density at radius 1 is 1.13 bits per heavy atom. The maximum absolute atomic E-state index is 11.9. The lowest BCUT2D eigenvalue weighted by Gasteiger charge is -2.10. The van der Waals surface area contributed by atoms with Crippen molar-refractivity contribution >= 4 is 46.4 Å². The highest BCUT2D eigenvalue weighted by Gasteiger charge is 2.09. The minimum Gasteiger partial charge on any atom is -0.484 e. The van der Waals surface area contributed by atoms with Crippen LogP contribution in [0.3, 0.4) is 0 Å². The van der Waals surface area contributed by atoms with Crippen molar-refractivity contribution in [1.29, 1.82) is 0 Å². The summed E-state index contributed by atoms with van der Waals surface area (Å²) in [5.41, 5.74) is 11.7.